The maximum Gasteiger partial charge on any atom is 0.278 e. The highest BCUT2D eigenvalue weighted by atomic mass is 16.5. The van der Waals surface area contributed by atoms with Crippen LogP contribution in [0.25, 0.3) is 23.0 Å². The van der Waals surface area contributed by atoms with Crippen LogP contribution in [0.2, 0.25) is 0 Å². The number of hydrogen-bond donors (Lipinski definition) is 0. The third kappa shape index (κ3) is 3.30. The molecule has 0 spiro atoms. The molecular weight excluding hydrogens is 328 g/mol. The Hall–Kier alpha value is -3.54. The number of aryl methyl sites for hydroxylation is 1. The fraction of sp³-hybridized carbons (Fsp3) is 0.100. The van der Waals surface area contributed by atoms with E-state index in [0.717, 1.165) is 16.7 Å². The highest BCUT2D eigenvalue weighted by Gasteiger charge is 2.13. The van der Waals surface area contributed by atoms with Gasteiger partial charge in [0, 0.05) is 11.6 Å². The number of nitrogens with zero attached hydrogens (tertiary/aromatic N) is 4. The van der Waals surface area contributed by atoms with E-state index in [2.05, 4.69) is 15.2 Å². The maximum atomic E-state index is 12.1. The van der Waals surface area contributed by atoms with Crippen LogP contribution in [-0.4, -0.2) is 19.9 Å². The highest BCUT2D eigenvalue weighted by molar-refractivity contribution is 5.57. The second kappa shape index (κ2) is 6.76. The van der Waals surface area contributed by atoms with E-state index in [4.69, 9.17) is 4.52 Å². The van der Waals surface area contributed by atoms with Crippen molar-refractivity contribution in [2.75, 3.05) is 0 Å². The summed E-state index contributed by atoms with van der Waals surface area (Å²) in [5.74, 6) is 0.769. The molecule has 6 nitrogen and oxygen atoms in total. The van der Waals surface area contributed by atoms with Crippen LogP contribution in [0.4, 0.5) is 0 Å². The van der Waals surface area contributed by atoms with Crippen molar-refractivity contribution in [3.05, 3.63) is 88.2 Å². The third-order valence-electron chi connectivity index (χ3n) is 4.00. The lowest BCUT2D eigenvalue weighted by atomic mass is 10.1. The molecule has 0 atom stereocenters. The molecule has 6 heteroatoms. The van der Waals surface area contributed by atoms with Gasteiger partial charge in [0.1, 0.15) is 5.69 Å². The average molecular weight is 344 g/mol. The van der Waals surface area contributed by atoms with E-state index in [-0.39, 0.29) is 11.4 Å². The first kappa shape index (κ1) is 16.0. The lowest BCUT2D eigenvalue weighted by Gasteiger charge is -2.05. The third-order valence-corrected chi connectivity index (χ3v) is 4.00. The lowest BCUT2D eigenvalue weighted by Crippen LogP contribution is -2.22. The predicted octanol–water partition coefficient (Wildman–Crippen LogP) is 3.32. The minimum atomic E-state index is -0.184. The van der Waals surface area contributed by atoms with Gasteiger partial charge in [-0.25, -0.2) is 4.68 Å². The van der Waals surface area contributed by atoms with Gasteiger partial charge in [0.05, 0.1) is 6.54 Å². The highest BCUT2D eigenvalue weighted by Crippen LogP contribution is 2.20. The van der Waals surface area contributed by atoms with Crippen molar-refractivity contribution < 1.29 is 4.52 Å². The molecule has 0 fully saturated rings. The topological polar surface area (TPSA) is 73.8 Å². The van der Waals surface area contributed by atoms with Gasteiger partial charge in [0.25, 0.3) is 11.4 Å². The van der Waals surface area contributed by atoms with E-state index < -0.39 is 0 Å². The molecule has 128 valence electrons. The van der Waals surface area contributed by atoms with Crippen molar-refractivity contribution >= 4 is 0 Å². The summed E-state index contributed by atoms with van der Waals surface area (Å²) in [6, 6.07) is 20.6. The summed E-state index contributed by atoms with van der Waals surface area (Å²) in [6.07, 6.45) is 0. The molecule has 26 heavy (non-hydrogen) atoms. The number of rotatable bonds is 4. The SMILES string of the molecule is Cc1ccc(-c2noc(-c3ccc(=O)n(Cc4ccccc4)n3)n2)cc1. The predicted molar refractivity (Wildman–Crippen MR) is 97.5 cm³/mol. The minimum Gasteiger partial charge on any atom is -0.332 e. The van der Waals surface area contributed by atoms with Crippen molar-refractivity contribution in [3.8, 4) is 23.0 Å². The zero-order valence-electron chi connectivity index (χ0n) is 14.2. The summed E-state index contributed by atoms with van der Waals surface area (Å²) >= 11 is 0. The van der Waals surface area contributed by atoms with Crippen LogP contribution in [0, 0.1) is 6.92 Å². The Bertz CT molecular complexity index is 1080. The molecule has 0 saturated carbocycles. The van der Waals surface area contributed by atoms with Crippen molar-refractivity contribution in [2.45, 2.75) is 13.5 Å². The number of hydrogen-bond acceptors (Lipinski definition) is 5. The molecule has 0 amide bonds. The van der Waals surface area contributed by atoms with Crippen molar-refractivity contribution in [1.29, 1.82) is 0 Å². The van der Waals surface area contributed by atoms with Crippen LogP contribution in [0.5, 0.6) is 0 Å². The van der Waals surface area contributed by atoms with Crippen LogP contribution in [0.1, 0.15) is 11.1 Å². The fourth-order valence-electron chi connectivity index (χ4n) is 2.58. The van der Waals surface area contributed by atoms with E-state index in [9.17, 15) is 4.79 Å². The van der Waals surface area contributed by atoms with Crippen LogP contribution in [0.3, 0.4) is 0 Å². The van der Waals surface area contributed by atoms with E-state index >= 15 is 0 Å². The smallest absolute Gasteiger partial charge is 0.278 e. The molecule has 2 aromatic heterocycles. The van der Waals surface area contributed by atoms with Crippen LogP contribution >= 0.6 is 0 Å². The molecule has 4 rings (SSSR count). The fourth-order valence-corrected chi connectivity index (χ4v) is 2.58. The molecule has 0 saturated heterocycles. The summed E-state index contributed by atoms with van der Waals surface area (Å²) in [4.78, 5) is 16.5. The zero-order valence-corrected chi connectivity index (χ0v) is 14.2. The first-order chi connectivity index (χ1) is 12.7. The molecule has 0 bridgehead atoms. The number of aromatic nitrogens is 4. The molecule has 0 aliphatic carbocycles. The molecule has 2 aromatic carbocycles. The minimum absolute atomic E-state index is 0.184. The summed E-state index contributed by atoms with van der Waals surface area (Å²) in [6.45, 7) is 2.40. The molecule has 0 radical (unpaired) electrons. The normalized spacial score (nSPS) is 10.8. The second-order valence-corrected chi connectivity index (χ2v) is 5.99. The monoisotopic (exact) mass is 344 g/mol. The van der Waals surface area contributed by atoms with Gasteiger partial charge in [-0.1, -0.05) is 65.3 Å². The molecule has 0 aliphatic rings. The van der Waals surface area contributed by atoms with Gasteiger partial charge in [-0.15, -0.1) is 0 Å². The molecule has 0 aliphatic heterocycles. The summed E-state index contributed by atoms with van der Waals surface area (Å²) < 4.78 is 6.73. The summed E-state index contributed by atoms with van der Waals surface area (Å²) in [5.41, 5.74) is 3.29. The van der Waals surface area contributed by atoms with Gasteiger partial charge in [-0.3, -0.25) is 4.79 Å². The van der Waals surface area contributed by atoms with Crippen molar-refractivity contribution in [2.24, 2.45) is 0 Å². The zero-order chi connectivity index (χ0) is 17.9. The van der Waals surface area contributed by atoms with Gasteiger partial charge in [-0.2, -0.15) is 10.1 Å². The Morgan fingerprint density at radius 3 is 2.50 bits per heavy atom. The Morgan fingerprint density at radius 1 is 0.962 bits per heavy atom. The molecular formula is C20H16N4O2. The molecule has 0 N–H and O–H groups in total. The van der Waals surface area contributed by atoms with Crippen LogP contribution < -0.4 is 5.56 Å². The van der Waals surface area contributed by atoms with Gasteiger partial charge in [-0.05, 0) is 18.6 Å². The second-order valence-electron chi connectivity index (χ2n) is 5.99. The molecule has 0 unspecified atom stereocenters. The Balaban J connectivity index is 1.65. The van der Waals surface area contributed by atoms with Gasteiger partial charge >= 0.3 is 0 Å². The van der Waals surface area contributed by atoms with E-state index in [1.165, 1.54) is 10.7 Å². The van der Waals surface area contributed by atoms with E-state index in [1.807, 2.05) is 61.5 Å². The van der Waals surface area contributed by atoms with Crippen molar-refractivity contribution in [1.82, 2.24) is 19.9 Å². The Morgan fingerprint density at radius 2 is 1.73 bits per heavy atom. The van der Waals surface area contributed by atoms with Gasteiger partial charge in [0.15, 0.2) is 0 Å². The molecule has 2 heterocycles. The summed E-state index contributed by atoms with van der Waals surface area (Å²) in [7, 11) is 0. The van der Waals surface area contributed by atoms with Gasteiger partial charge < -0.3 is 4.52 Å². The van der Waals surface area contributed by atoms with Gasteiger partial charge in [0.2, 0.25) is 5.82 Å². The van der Waals surface area contributed by atoms with Crippen molar-refractivity contribution in [3.63, 3.8) is 0 Å². The van der Waals surface area contributed by atoms with E-state index in [0.29, 0.717) is 18.1 Å². The van der Waals surface area contributed by atoms with E-state index in [1.54, 1.807) is 6.07 Å². The molecule has 4 aromatic rings. The average Bonchev–Trinajstić information content (AvgIpc) is 3.15. The largest absolute Gasteiger partial charge is 0.332 e. The van der Waals surface area contributed by atoms with Crippen LogP contribution in [0.15, 0.2) is 76.0 Å². The lowest BCUT2D eigenvalue weighted by molar-refractivity contribution is 0.429. The quantitative estimate of drug-likeness (QED) is 0.568. The van der Waals surface area contributed by atoms with Crippen LogP contribution in [-0.2, 0) is 6.54 Å². The first-order valence-electron chi connectivity index (χ1n) is 8.22. The maximum absolute atomic E-state index is 12.1. The standard InChI is InChI=1S/C20H16N4O2/c1-14-7-9-16(10-8-14)19-21-20(26-23-19)17-11-12-18(25)24(22-17)13-15-5-3-2-4-6-15/h2-12H,13H2,1H3. The first-order valence-corrected chi connectivity index (χ1v) is 8.22. The Labute approximate surface area is 149 Å². The number of benzene rings is 2. The Kier molecular flexibility index (Phi) is 4.15. The summed E-state index contributed by atoms with van der Waals surface area (Å²) in [5, 5.41) is 8.38.